The maximum atomic E-state index is 12.7. The van der Waals surface area contributed by atoms with Gasteiger partial charge < -0.3 is 4.90 Å². The third-order valence-electron chi connectivity index (χ3n) is 6.41. The zero-order valence-electron chi connectivity index (χ0n) is 17.3. The predicted molar refractivity (Wildman–Crippen MR) is 108 cm³/mol. The Morgan fingerprint density at radius 1 is 1.09 bits per heavy atom. The minimum Gasteiger partial charge on any atom is -0.334 e. The van der Waals surface area contributed by atoms with Crippen LogP contribution in [0.1, 0.15) is 18.5 Å². The Bertz CT molecular complexity index is 1220. The monoisotopic (exact) mass is 443 g/mol. The summed E-state index contributed by atoms with van der Waals surface area (Å²) in [4.78, 5) is 33.6. The standard InChI is InChI=1S/C22H20F3N5O2/c1-29-10-16(9-28-29)18-3-13-2-17(26-7-15(13)8-27-18)4-19(31)14-5-21(6-14)11-30(12-21)20(32)22(23,24)25/h2-3,7-10,14H,4-6,11-12H2,1H3. The number of rotatable bonds is 4. The van der Waals surface area contributed by atoms with Crippen molar-refractivity contribution in [1.82, 2.24) is 24.6 Å². The van der Waals surface area contributed by atoms with Crippen LogP contribution in [0.15, 0.2) is 36.9 Å². The van der Waals surface area contributed by atoms with Gasteiger partial charge in [0.15, 0.2) is 0 Å². The Morgan fingerprint density at radius 2 is 1.81 bits per heavy atom. The summed E-state index contributed by atoms with van der Waals surface area (Å²) in [5.74, 6) is -1.96. The SMILES string of the molecule is Cn1cc(-c2cc3cc(CC(=O)C4CC5(C4)CN(C(=O)C(F)(F)F)C5)ncc3cn2)cn1. The smallest absolute Gasteiger partial charge is 0.334 e. The van der Waals surface area contributed by atoms with Gasteiger partial charge >= 0.3 is 12.1 Å². The average molecular weight is 443 g/mol. The molecule has 1 spiro atoms. The van der Waals surface area contributed by atoms with Crippen LogP contribution in [-0.4, -0.2) is 55.6 Å². The Morgan fingerprint density at radius 3 is 2.47 bits per heavy atom. The number of halogens is 3. The van der Waals surface area contributed by atoms with E-state index in [0.29, 0.717) is 18.5 Å². The molecule has 3 aromatic heterocycles. The van der Waals surface area contributed by atoms with Crippen molar-refractivity contribution in [3.8, 4) is 11.3 Å². The average Bonchev–Trinajstić information content (AvgIpc) is 3.10. The molecule has 1 amide bonds. The maximum absolute atomic E-state index is 12.7. The predicted octanol–water partition coefficient (Wildman–Crippen LogP) is 2.94. The van der Waals surface area contributed by atoms with Crippen LogP contribution in [0.25, 0.3) is 22.0 Å². The normalized spacial score (nSPS) is 17.9. The topological polar surface area (TPSA) is 81.0 Å². The maximum Gasteiger partial charge on any atom is 0.471 e. The number of aryl methyl sites for hydroxylation is 1. The second-order valence-electron chi connectivity index (χ2n) is 8.90. The molecule has 0 bridgehead atoms. The number of amides is 1. The first-order valence-corrected chi connectivity index (χ1v) is 10.2. The lowest BCUT2D eigenvalue weighted by atomic mass is 9.56. The van der Waals surface area contributed by atoms with Crippen LogP contribution < -0.4 is 0 Å². The van der Waals surface area contributed by atoms with Gasteiger partial charge in [0.05, 0.1) is 11.9 Å². The summed E-state index contributed by atoms with van der Waals surface area (Å²) in [5, 5.41) is 5.94. The lowest BCUT2D eigenvalue weighted by Gasteiger charge is -2.58. The fraction of sp³-hybridized carbons (Fsp3) is 0.409. The molecular weight excluding hydrogens is 423 g/mol. The fourth-order valence-corrected chi connectivity index (χ4v) is 4.77. The molecule has 5 rings (SSSR count). The number of carbonyl (C=O) groups excluding carboxylic acids is 2. The number of likely N-dealkylation sites (tertiary alicyclic amines) is 1. The molecule has 1 saturated heterocycles. The van der Waals surface area contributed by atoms with Crippen molar-refractivity contribution < 1.29 is 22.8 Å². The molecule has 0 atom stereocenters. The summed E-state index contributed by atoms with van der Waals surface area (Å²) in [6, 6.07) is 3.80. The van der Waals surface area contributed by atoms with Gasteiger partial charge in [0.1, 0.15) is 5.78 Å². The lowest BCUT2D eigenvalue weighted by Crippen LogP contribution is -2.66. The summed E-state index contributed by atoms with van der Waals surface area (Å²) < 4.78 is 39.2. The molecule has 4 heterocycles. The molecule has 32 heavy (non-hydrogen) atoms. The molecule has 2 fully saturated rings. The number of ketones is 1. The molecule has 1 aliphatic carbocycles. The summed E-state index contributed by atoms with van der Waals surface area (Å²) in [6.07, 6.45) is 3.41. The van der Waals surface area contributed by atoms with Gasteiger partial charge in [-0.15, -0.1) is 0 Å². The Kier molecular flexibility index (Phi) is 4.58. The number of hydrogen-bond acceptors (Lipinski definition) is 5. The molecule has 0 unspecified atom stereocenters. The van der Waals surface area contributed by atoms with E-state index in [1.54, 1.807) is 23.3 Å². The first kappa shape index (κ1) is 20.6. The van der Waals surface area contributed by atoms with Gasteiger partial charge in [-0.2, -0.15) is 18.3 Å². The number of alkyl halides is 3. The van der Waals surface area contributed by atoms with Crippen LogP contribution in [-0.2, 0) is 23.1 Å². The molecule has 7 nitrogen and oxygen atoms in total. The zero-order chi connectivity index (χ0) is 22.7. The van der Waals surface area contributed by atoms with Gasteiger partial charge in [0.25, 0.3) is 0 Å². The van der Waals surface area contributed by atoms with Crippen molar-refractivity contribution in [3.05, 3.63) is 42.6 Å². The Labute approximate surface area is 181 Å². The van der Waals surface area contributed by atoms with Crippen molar-refractivity contribution in [1.29, 1.82) is 0 Å². The van der Waals surface area contributed by atoms with Crippen LogP contribution >= 0.6 is 0 Å². The fourth-order valence-electron chi connectivity index (χ4n) is 4.77. The summed E-state index contributed by atoms with van der Waals surface area (Å²) in [6.45, 7) is 0.154. The van der Waals surface area contributed by atoms with E-state index in [1.807, 2.05) is 25.4 Å². The van der Waals surface area contributed by atoms with Crippen LogP contribution in [0.4, 0.5) is 13.2 Å². The lowest BCUT2D eigenvalue weighted by molar-refractivity contribution is -0.203. The van der Waals surface area contributed by atoms with Crippen molar-refractivity contribution in [2.24, 2.45) is 18.4 Å². The van der Waals surface area contributed by atoms with E-state index in [0.717, 1.165) is 26.9 Å². The van der Waals surface area contributed by atoms with Crippen molar-refractivity contribution >= 4 is 22.5 Å². The molecule has 3 aromatic rings. The minimum atomic E-state index is -4.84. The minimum absolute atomic E-state index is 0.0320. The largest absolute Gasteiger partial charge is 0.471 e. The van der Waals surface area contributed by atoms with Gasteiger partial charge in [-0.1, -0.05) is 0 Å². The highest BCUT2D eigenvalue weighted by atomic mass is 19.4. The van der Waals surface area contributed by atoms with Crippen LogP contribution in [0.2, 0.25) is 0 Å². The van der Waals surface area contributed by atoms with E-state index in [2.05, 4.69) is 15.1 Å². The van der Waals surface area contributed by atoms with Gasteiger partial charge in [-0.25, -0.2) is 0 Å². The Balaban J connectivity index is 1.22. The molecule has 166 valence electrons. The zero-order valence-corrected chi connectivity index (χ0v) is 17.3. The summed E-state index contributed by atoms with van der Waals surface area (Å²) in [5.41, 5.74) is 1.98. The molecule has 1 aliphatic heterocycles. The number of carbonyl (C=O) groups is 2. The van der Waals surface area contributed by atoms with E-state index < -0.39 is 12.1 Å². The molecule has 0 N–H and O–H groups in total. The first-order valence-electron chi connectivity index (χ1n) is 10.2. The van der Waals surface area contributed by atoms with Gasteiger partial charge in [0.2, 0.25) is 0 Å². The third kappa shape index (κ3) is 3.63. The van der Waals surface area contributed by atoms with E-state index >= 15 is 0 Å². The molecule has 1 saturated carbocycles. The van der Waals surface area contributed by atoms with Crippen LogP contribution in [0.5, 0.6) is 0 Å². The van der Waals surface area contributed by atoms with Crippen molar-refractivity contribution in [2.75, 3.05) is 13.1 Å². The van der Waals surface area contributed by atoms with Gasteiger partial charge in [0, 0.05) is 73.1 Å². The molecule has 0 radical (unpaired) electrons. The molecule has 10 heteroatoms. The number of aromatic nitrogens is 4. The second kappa shape index (κ2) is 7.11. The second-order valence-corrected chi connectivity index (χ2v) is 8.90. The molecule has 2 aliphatic rings. The highest BCUT2D eigenvalue weighted by Gasteiger charge is 2.58. The van der Waals surface area contributed by atoms with Crippen molar-refractivity contribution in [3.63, 3.8) is 0 Å². The van der Waals surface area contributed by atoms with Crippen LogP contribution in [0.3, 0.4) is 0 Å². The number of pyridine rings is 2. The number of fused-ring (bicyclic) bond motifs is 1. The van der Waals surface area contributed by atoms with Crippen LogP contribution in [0, 0.1) is 11.3 Å². The van der Waals surface area contributed by atoms with E-state index in [-0.39, 0.29) is 36.6 Å². The number of hydrogen-bond donors (Lipinski definition) is 0. The molecular formula is C22H20F3N5O2. The third-order valence-corrected chi connectivity index (χ3v) is 6.41. The summed E-state index contributed by atoms with van der Waals surface area (Å²) in [7, 11) is 1.83. The highest BCUT2D eigenvalue weighted by Crippen LogP contribution is 2.53. The summed E-state index contributed by atoms with van der Waals surface area (Å²) >= 11 is 0. The van der Waals surface area contributed by atoms with Gasteiger partial charge in [-0.3, -0.25) is 24.2 Å². The van der Waals surface area contributed by atoms with E-state index in [9.17, 15) is 22.8 Å². The van der Waals surface area contributed by atoms with E-state index in [1.165, 1.54) is 0 Å². The first-order chi connectivity index (χ1) is 15.1. The quantitative estimate of drug-likeness (QED) is 0.620. The number of Topliss-reactive ketones (excluding diaryl/α,β-unsaturated/α-hetero) is 1. The van der Waals surface area contributed by atoms with Gasteiger partial charge in [-0.05, 0) is 30.4 Å². The number of nitrogens with zero attached hydrogens (tertiary/aromatic N) is 5. The highest BCUT2D eigenvalue weighted by molar-refractivity contribution is 5.88. The Hall–Kier alpha value is -3.30. The van der Waals surface area contributed by atoms with E-state index in [4.69, 9.17) is 0 Å². The molecule has 0 aromatic carbocycles. The van der Waals surface area contributed by atoms with Crippen molar-refractivity contribution in [2.45, 2.75) is 25.4 Å².